The highest BCUT2D eigenvalue weighted by Gasteiger charge is 2.22. The summed E-state index contributed by atoms with van der Waals surface area (Å²) in [6.07, 6.45) is 5.42. The molecule has 0 radical (unpaired) electrons. The highest BCUT2D eigenvalue weighted by molar-refractivity contribution is 5.57. The molecule has 1 atom stereocenters. The summed E-state index contributed by atoms with van der Waals surface area (Å²) >= 11 is 0. The van der Waals surface area contributed by atoms with Crippen LogP contribution in [-0.4, -0.2) is 26.2 Å². The van der Waals surface area contributed by atoms with Crippen LogP contribution in [0.25, 0.3) is 0 Å². The molecule has 2 fully saturated rings. The molecule has 2 heteroatoms. The lowest BCUT2D eigenvalue weighted by atomic mass is 9.93. The van der Waals surface area contributed by atoms with Crippen molar-refractivity contribution in [3.05, 3.63) is 29.3 Å². The Morgan fingerprint density at radius 3 is 2.72 bits per heavy atom. The Kier molecular flexibility index (Phi) is 3.55. The number of nitrogens with zero attached hydrogens (tertiary/aromatic N) is 1. The van der Waals surface area contributed by atoms with Gasteiger partial charge in [-0.05, 0) is 56.7 Å². The lowest BCUT2D eigenvalue weighted by Crippen LogP contribution is -2.30. The summed E-state index contributed by atoms with van der Waals surface area (Å²) < 4.78 is 0. The van der Waals surface area contributed by atoms with Crippen molar-refractivity contribution in [1.29, 1.82) is 0 Å². The van der Waals surface area contributed by atoms with Crippen LogP contribution in [-0.2, 0) is 0 Å². The van der Waals surface area contributed by atoms with E-state index in [0.29, 0.717) is 0 Å². The molecule has 1 N–H and O–H groups in total. The summed E-state index contributed by atoms with van der Waals surface area (Å²) in [5.41, 5.74) is 4.49. The third kappa shape index (κ3) is 2.39. The van der Waals surface area contributed by atoms with Gasteiger partial charge in [0, 0.05) is 25.3 Å². The first-order valence-electron chi connectivity index (χ1n) is 7.41. The number of piperidine rings is 1. The third-order valence-electron chi connectivity index (χ3n) is 4.38. The molecule has 2 heterocycles. The highest BCUT2D eigenvalue weighted by atomic mass is 15.1. The molecule has 0 spiro atoms. The van der Waals surface area contributed by atoms with Gasteiger partial charge in [-0.2, -0.15) is 0 Å². The van der Waals surface area contributed by atoms with E-state index in [1.165, 1.54) is 56.6 Å². The van der Waals surface area contributed by atoms with Crippen molar-refractivity contribution in [3.63, 3.8) is 0 Å². The summed E-state index contributed by atoms with van der Waals surface area (Å²) in [4.78, 5) is 2.61. The summed E-state index contributed by atoms with van der Waals surface area (Å²) in [5.74, 6) is 0.724. The quantitative estimate of drug-likeness (QED) is 0.860. The van der Waals surface area contributed by atoms with Crippen LogP contribution in [0, 0.1) is 6.92 Å². The monoisotopic (exact) mass is 244 g/mol. The Morgan fingerprint density at radius 1 is 1.17 bits per heavy atom. The van der Waals surface area contributed by atoms with Crippen LogP contribution in [0.1, 0.15) is 42.7 Å². The average Bonchev–Trinajstić information content (AvgIpc) is 2.93. The van der Waals surface area contributed by atoms with Gasteiger partial charge in [0.1, 0.15) is 0 Å². The normalized spacial score (nSPS) is 24.5. The van der Waals surface area contributed by atoms with E-state index in [1.807, 2.05) is 0 Å². The summed E-state index contributed by atoms with van der Waals surface area (Å²) in [7, 11) is 0. The Labute approximate surface area is 110 Å². The molecule has 3 rings (SSSR count). The molecule has 0 bridgehead atoms. The summed E-state index contributed by atoms with van der Waals surface area (Å²) in [5, 5.41) is 3.50. The number of anilines is 1. The summed E-state index contributed by atoms with van der Waals surface area (Å²) in [6.45, 7) is 7.04. The summed E-state index contributed by atoms with van der Waals surface area (Å²) in [6, 6.07) is 7.05. The number of hydrogen-bond donors (Lipinski definition) is 1. The van der Waals surface area contributed by atoms with E-state index in [-0.39, 0.29) is 0 Å². The number of aryl methyl sites for hydroxylation is 1. The largest absolute Gasteiger partial charge is 0.371 e. The van der Waals surface area contributed by atoms with Crippen molar-refractivity contribution in [2.45, 2.75) is 38.5 Å². The van der Waals surface area contributed by atoms with E-state index < -0.39 is 0 Å². The second-order valence-corrected chi connectivity index (χ2v) is 5.80. The topological polar surface area (TPSA) is 15.3 Å². The van der Waals surface area contributed by atoms with Gasteiger partial charge in [-0.1, -0.05) is 17.7 Å². The molecular weight excluding hydrogens is 220 g/mol. The standard InChI is InChI=1S/C16H24N2/c1-13-5-6-16(18-9-3-2-4-10-18)15(11-13)14-7-8-17-12-14/h5-6,11,14,17H,2-4,7-10,12H2,1H3. The van der Waals surface area contributed by atoms with Crippen molar-refractivity contribution in [2.24, 2.45) is 0 Å². The Morgan fingerprint density at radius 2 is 2.00 bits per heavy atom. The maximum atomic E-state index is 3.50. The minimum absolute atomic E-state index is 0.724. The van der Waals surface area contributed by atoms with E-state index in [4.69, 9.17) is 0 Å². The second kappa shape index (κ2) is 5.31. The first-order chi connectivity index (χ1) is 8.84. The number of hydrogen-bond acceptors (Lipinski definition) is 2. The molecule has 1 unspecified atom stereocenters. The minimum Gasteiger partial charge on any atom is -0.371 e. The van der Waals surface area contributed by atoms with E-state index in [9.17, 15) is 0 Å². The van der Waals surface area contributed by atoms with Gasteiger partial charge < -0.3 is 10.2 Å². The molecule has 1 aromatic rings. The molecule has 2 saturated heterocycles. The van der Waals surface area contributed by atoms with Crippen LogP contribution in [0.15, 0.2) is 18.2 Å². The van der Waals surface area contributed by atoms with Crippen molar-refractivity contribution in [2.75, 3.05) is 31.1 Å². The molecular formula is C16H24N2. The van der Waals surface area contributed by atoms with Crippen LogP contribution in [0.4, 0.5) is 5.69 Å². The average molecular weight is 244 g/mol. The zero-order chi connectivity index (χ0) is 12.4. The van der Waals surface area contributed by atoms with Gasteiger partial charge in [0.15, 0.2) is 0 Å². The van der Waals surface area contributed by atoms with Crippen molar-refractivity contribution in [3.8, 4) is 0 Å². The van der Waals surface area contributed by atoms with Crippen molar-refractivity contribution >= 4 is 5.69 Å². The zero-order valence-corrected chi connectivity index (χ0v) is 11.4. The molecule has 18 heavy (non-hydrogen) atoms. The fourth-order valence-electron chi connectivity index (χ4n) is 3.34. The predicted molar refractivity (Wildman–Crippen MR) is 77.5 cm³/mol. The zero-order valence-electron chi connectivity index (χ0n) is 11.4. The molecule has 98 valence electrons. The van der Waals surface area contributed by atoms with Gasteiger partial charge in [0.25, 0.3) is 0 Å². The van der Waals surface area contributed by atoms with E-state index in [1.54, 1.807) is 5.56 Å². The van der Waals surface area contributed by atoms with Crippen LogP contribution >= 0.6 is 0 Å². The maximum Gasteiger partial charge on any atom is 0.0402 e. The van der Waals surface area contributed by atoms with Gasteiger partial charge in [-0.3, -0.25) is 0 Å². The van der Waals surface area contributed by atoms with Crippen LogP contribution in [0.2, 0.25) is 0 Å². The maximum absolute atomic E-state index is 3.50. The molecule has 0 aliphatic carbocycles. The number of rotatable bonds is 2. The van der Waals surface area contributed by atoms with Crippen molar-refractivity contribution in [1.82, 2.24) is 5.32 Å². The van der Waals surface area contributed by atoms with E-state index >= 15 is 0 Å². The first kappa shape index (κ1) is 12.0. The minimum atomic E-state index is 0.724. The van der Waals surface area contributed by atoms with Gasteiger partial charge >= 0.3 is 0 Å². The highest BCUT2D eigenvalue weighted by Crippen LogP contribution is 2.33. The lowest BCUT2D eigenvalue weighted by Gasteiger charge is -2.32. The molecule has 0 amide bonds. The SMILES string of the molecule is Cc1ccc(N2CCCCC2)c(C2CCNC2)c1. The van der Waals surface area contributed by atoms with Crippen LogP contribution < -0.4 is 10.2 Å². The molecule has 2 nitrogen and oxygen atoms in total. The third-order valence-corrected chi connectivity index (χ3v) is 4.38. The second-order valence-electron chi connectivity index (χ2n) is 5.80. The molecule has 0 saturated carbocycles. The predicted octanol–water partition coefficient (Wildman–Crippen LogP) is 3.06. The molecule has 2 aliphatic heterocycles. The fraction of sp³-hybridized carbons (Fsp3) is 0.625. The van der Waals surface area contributed by atoms with Crippen molar-refractivity contribution < 1.29 is 0 Å². The molecule has 0 aromatic heterocycles. The Balaban J connectivity index is 1.91. The van der Waals surface area contributed by atoms with E-state index in [0.717, 1.165) is 12.5 Å². The van der Waals surface area contributed by atoms with E-state index in [2.05, 4.69) is 35.3 Å². The van der Waals surface area contributed by atoms with Gasteiger partial charge in [-0.25, -0.2) is 0 Å². The van der Waals surface area contributed by atoms with Crippen LogP contribution in [0.5, 0.6) is 0 Å². The first-order valence-corrected chi connectivity index (χ1v) is 7.41. The lowest BCUT2D eigenvalue weighted by molar-refractivity contribution is 0.574. The fourth-order valence-corrected chi connectivity index (χ4v) is 3.34. The van der Waals surface area contributed by atoms with Crippen LogP contribution in [0.3, 0.4) is 0 Å². The number of nitrogens with one attached hydrogen (secondary N) is 1. The van der Waals surface area contributed by atoms with Gasteiger partial charge in [0.2, 0.25) is 0 Å². The smallest absolute Gasteiger partial charge is 0.0402 e. The molecule has 1 aromatic carbocycles. The number of benzene rings is 1. The van der Waals surface area contributed by atoms with Gasteiger partial charge in [0.05, 0.1) is 0 Å². The molecule has 2 aliphatic rings. The Bertz CT molecular complexity index is 402. The van der Waals surface area contributed by atoms with Gasteiger partial charge in [-0.15, -0.1) is 0 Å². The Hall–Kier alpha value is -1.02.